The molecular weight excluding hydrogens is 388 g/mol. The molecule has 0 aliphatic carbocycles. The smallest absolute Gasteiger partial charge is 0.254 e. The van der Waals surface area contributed by atoms with E-state index >= 15 is 0 Å². The zero-order valence-corrected chi connectivity index (χ0v) is 17.7. The number of nitrogens with zero attached hydrogens (tertiary/aromatic N) is 3. The van der Waals surface area contributed by atoms with Gasteiger partial charge < -0.3 is 20.9 Å². The third kappa shape index (κ3) is 5.54. The maximum Gasteiger partial charge on any atom is 0.254 e. The number of hydrogen-bond donors (Lipinski definition) is 3. The van der Waals surface area contributed by atoms with Gasteiger partial charge in [-0.25, -0.2) is 4.98 Å². The Morgan fingerprint density at radius 1 is 1.24 bits per heavy atom. The number of carbonyl (C=O) groups is 2. The van der Waals surface area contributed by atoms with E-state index in [2.05, 4.69) is 25.9 Å². The van der Waals surface area contributed by atoms with Gasteiger partial charge >= 0.3 is 0 Å². The standard InChI is InChI=1S/C20H26N6O2S/c1-13-17(29-14(2)25-13)11-24-20(21-3)23-10-15-4-6-16(7-5-15)19(28)26-9-8-22-18(27)12-26/h4-7H,8-12H2,1-3H3,(H,22,27)(H2,21,23,24). The number of hydrogen-bond acceptors (Lipinski definition) is 5. The zero-order chi connectivity index (χ0) is 20.8. The number of benzene rings is 1. The molecule has 1 saturated heterocycles. The van der Waals surface area contributed by atoms with Crippen molar-refractivity contribution in [3.8, 4) is 0 Å². The van der Waals surface area contributed by atoms with Crippen molar-refractivity contribution in [1.82, 2.24) is 25.8 Å². The van der Waals surface area contributed by atoms with E-state index in [0.29, 0.717) is 37.7 Å². The van der Waals surface area contributed by atoms with E-state index in [0.717, 1.165) is 16.3 Å². The van der Waals surface area contributed by atoms with Crippen LogP contribution in [0.3, 0.4) is 0 Å². The Kier molecular flexibility index (Phi) is 6.82. The van der Waals surface area contributed by atoms with Crippen LogP contribution in [0.5, 0.6) is 0 Å². The molecule has 0 radical (unpaired) electrons. The number of piperazine rings is 1. The van der Waals surface area contributed by atoms with Crippen molar-refractivity contribution in [2.24, 2.45) is 4.99 Å². The fourth-order valence-corrected chi connectivity index (χ4v) is 3.94. The first-order valence-corrected chi connectivity index (χ1v) is 10.3. The van der Waals surface area contributed by atoms with Crippen LogP contribution in [-0.2, 0) is 17.9 Å². The van der Waals surface area contributed by atoms with Crippen LogP contribution < -0.4 is 16.0 Å². The first-order valence-electron chi connectivity index (χ1n) is 9.48. The highest BCUT2D eigenvalue weighted by Gasteiger charge is 2.22. The van der Waals surface area contributed by atoms with Gasteiger partial charge in [0.15, 0.2) is 5.96 Å². The maximum absolute atomic E-state index is 12.5. The van der Waals surface area contributed by atoms with Crippen LogP contribution in [-0.4, -0.2) is 54.3 Å². The van der Waals surface area contributed by atoms with E-state index in [1.807, 2.05) is 26.0 Å². The minimum absolute atomic E-state index is 0.114. The normalized spacial score (nSPS) is 14.5. The lowest BCUT2D eigenvalue weighted by Gasteiger charge is -2.26. The molecule has 0 bridgehead atoms. The highest BCUT2D eigenvalue weighted by atomic mass is 32.1. The molecule has 9 heteroatoms. The molecule has 3 rings (SSSR count). The molecule has 2 aromatic rings. The van der Waals surface area contributed by atoms with E-state index in [1.165, 1.54) is 4.88 Å². The van der Waals surface area contributed by atoms with Crippen LogP contribution in [0.2, 0.25) is 0 Å². The molecule has 0 unspecified atom stereocenters. The van der Waals surface area contributed by atoms with Gasteiger partial charge in [0, 0.05) is 37.1 Å². The maximum atomic E-state index is 12.5. The van der Waals surface area contributed by atoms with Crippen molar-refractivity contribution in [1.29, 1.82) is 0 Å². The van der Waals surface area contributed by atoms with Crippen LogP contribution in [0.15, 0.2) is 29.3 Å². The minimum atomic E-state index is -0.118. The van der Waals surface area contributed by atoms with Crippen LogP contribution in [0, 0.1) is 13.8 Å². The number of guanidine groups is 1. The lowest BCUT2D eigenvalue weighted by Crippen LogP contribution is -2.49. The summed E-state index contributed by atoms with van der Waals surface area (Å²) in [5, 5.41) is 10.4. The predicted molar refractivity (Wildman–Crippen MR) is 114 cm³/mol. The molecule has 1 aromatic heterocycles. The summed E-state index contributed by atoms with van der Waals surface area (Å²) in [4.78, 5) is 35.4. The zero-order valence-electron chi connectivity index (χ0n) is 16.9. The van der Waals surface area contributed by atoms with Gasteiger partial charge in [-0.15, -0.1) is 11.3 Å². The lowest BCUT2D eigenvalue weighted by molar-refractivity contribution is -0.123. The number of carbonyl (C=O) groups excluding carboxylic acids is 2. The largest absolute Gasteiger partial charge is 0.353 e. The fourth-order valence-electron chi connectivity index (χ4n) is 3.07. The van der Waals surface area contributed by atoms with Gasteiger partial charge in [0.05, 0.1) is 23.8 Å². The number of aromatic nitrogens is 1. The summed E-state index contributed by atoms with van der Waals surface area (Å²) in [7, 11) is 1.73. The van der Waals surface area contributed by atoms with E-state index < -0.39 is 0 Å². The van der Waals surface area contributed by atoms with Crippen molar-refractivity contribution >= 4 is 29.1 Å². The van der Waals surface area contributed by atoms with E-state index in [-0.39, 0.29) is 18.4 Å². The summed E-state index contributed by atoms with van der Waals surface area (Å²) in [6.07, 6.45) is 0. The number of thiazole rings is 1. The molecule has 3 N–H and O–H groups in total. The molecule has 2 heterocycles. The van der Waals surface area contributed by atoms with Crippen LogP contribution in [0.1, 0.15) is 31.5 Å². The summed E-state index contributed by atoms with van der Waals surface area (Å²) in [5.74, 6) is 0.468. The van der Waals surface area contributed by atoms with Crippen molar-refractivity contribution in [3.05, 3.63) is 51.0 Å². The highest BCUT2D eigenvalue weighted by molar-refractivity contribution is 7.11. The Balaban J connectivity index is 1.51. The summed E-state index contributed by atoms with van der Waals surface area (Å²) in [5.41, 5.74) is 2.66. The molecule has 0 saturated carbocycles. The topological polar surface area (TPSA) is 98.7 Å². The van der Waals surface area contributed by atoms with E-state index in [1.54, 1.807) is 35.4 Å². The SMILES string of the molecule is CN=C(NCc1ccc(C(=O)N2CCNC(=O)C2)cc1)NCc1sc(C)nc1C. The van der Waals surface area contributed by atoms with Gasteiger partial charge in [0.2, 0.25) is 5.91 Å². The van der Waals surface area contributed by atoms with Crippen LogP contribution in [0.4, 0.5) is 0 Å². The monoisotopic (exact) mass is 414 g/mol. The van der Waals surface area contributed by atoms with Gasteiger partial charge in [-0.3, -0.25) is 14.6 Å². The molecule has 1 aliphatic heterocycles. The summed E-state index contributed by atoms with van der Waals surface area (Å²) in [6, 6.07) is 7.42. The number of amides is 2. The third-order valence-corrected chi connectivity index (χ3v) is 5.70. The summed E-state index contributed by atoms with van der Waals surface area (Å²) < 4.78 is 0. The Labute approximate surface area is 174 Å². The lowest BCUT2D eigenvalue weighted by atomic mass is 10.1. The van der Waals surface area contributed by atoms with Gasteiger partial charge in [-0.2, -0.15) is 0 Å². The number of aliphatic imine (C=N–C) groups is 1. The predicted octanol–water partition coefficient (Wildman–Crippen LogP) is 1.20. The molecular formula is C20H26N6O2S. The molecule has 2 amide bonds. The fraction of sp³-hybridized carbons (Fsp3) is 0.400. The summed E-state index contributed by atoms with van der Waals surface area (Å²) in [6.45, 7) is 6.42. The Hall–Kier alpha value is -2.94. The average molecular weight is 415 g/mol. The van der Waals surface area contributed by atoms with Crippen molar-refractivity contribution in [2.45, 2.75) is 26.9 Å². The summed E-state index contributed by atoms with van der Waals surface area (Å²) >= 11 is 1.68. The Bertz CT molecular complexity index is 906. The van der Waals surface area contributed by atoms with Crippen molar-refractivity contribution in [3.63, 3.8) is 0 Å². The first kappa shape index (κ1) is 20.8. The highest BCUT2D eigenvalue weighted by Crippen LogP contribution is 2.16. The van der Waals surface area contributed by atoms with Crippen LogP contribution in [0.25, 0.3) is 0 Å². The van der Waals surface area contributed by atoms with E-state index in [9.17, 15) is 9.59 Å². The molecule has 8 nitrogen and oxygen atoms in total. The minimum Gasteiger partial charge on any atom is -0.353 e. The first-order chi connectivity index (χ1) is 14.0. The molecule has 1 aliphatic rings. The number of nitrogens with one attached hydrogen (secondary N) is 3. The van der Waals surface area contributed by atoms with Gasteiger partial charge in [-0.05, 0) is 31.5 Å². The Morgan fingerprint density at radius 3 is 2.59 bits per heavy atom. The molecule has 0 spiro atoms. The van der Waals surface area contributed by atoms with Crippen molar-refractivity contribution in [2.75, 3.05) is 26.7 Å². The Morgan fingerprint density at radius 2 is 1.97 bits per heavy atom. The van der Waals surface area contributed by atoms with E-state index in [4.69, 9.17) is 0 Å². The quantitative estimate of drug-likeness (QED) is 0.504. The van der Waals surface area contributed by atoms with Gasteiger partial charge in [0.1, 0.15) is 0 Å². The van der Waals surface area contributed by atoms with Crippen molar-refractivity contribution < 1.29 is 9.59 Å². The second-order valence-corrected chi connectivity index (χ2v) is 8.08. The van der Waals surface area contributed by atoms with Crippen LogP contribution >= 0.6 is 11.3 Å². The average Bonchev–Trinajstić information content (AvgIpc) is 3.05. The molecule has 29 heavy (non-hydrogen) atoms. The second-order valence-electron chi connectivity index (χ2n) is 6.79. The molecule has 0 atom stereocenters. The number of aryl methyl sites for hydroxylation is 2. The third-order valence-electron chi connectivity index (χ3n) is 4.63. The van der Waals surface area contributed by atoms with Gasteiger partial charge in [-0.1, -0.05) is 12.1 Å². The molecule has 154 valence electrons. The molecule has 1 fully saturated rings. The van der Waals surface area contributed by atoms with Gasteiger partial charge in [0.25, 0.3) is 5.91 Å². The second kappa shape index (κ2) is 9.51. The number of rotatable bonds is 5. The molecule has 1 aromatic carbocycles.